The van der Waals surface area contributed by atoms with Crippen molar-refractivity contribution in [3.8, 4) is 0 Å². The summed E-state index contributed by atoms with van der Waals surface area (Å²) in [5.41, 5.74) is 2.77. The lowest BCUT2D eigenvalue weighted by molar-refractivity contribution is 0.0835. The Morgan fingerprint density at radius 3 is 3.04 bits per heavy atom. The molecule has 1 fully saturated rings. The van der Waals surface area contributed by atoms with Gasteiger partial charge in [-0.15, -0.1) is 0 Å². The molecule has 0 radical (unpaired) electrons. The number of fused-ring (bicyclic) bond motifs is 1. The largest absolute Gasteiger partial charge is 0.368 e. The third kappa shape index (κ3) is 2.82. The second kappa shape index (κ2) is 6.35. The van der Waals surface area contributed by atoms with E-state index in [2.05, 4.69) is 20.6 Å². The van der Waals surface area contributed by atoms with E-state index in [1.807, 2.05) is 11.7 Å². The quantitative estimate of drug-likeness (QED) is 0.911. The van der Waals surface area contributed by atoms with Crippen molar-refractivity contribution < 1.29 is 14.1 Å². The second-order valence-electron chi connectivity index (χ2n) is 6.34. The van der Waals surface area contributed by atoms with Crippen LogP contribution >= 0.6 is 0 Å². The first kappa shape index (κ1) is 15.3. The zero-order valence-corrected chi connectivity index (χ0v) is 13.7. The summed E-state index contributed by atoms with van der Waals surface area (Å²) in [5.74, 6) is 0.767. The SMILES string of the molecule is Cn1nc(C(=O)NCc2noc([C@@H]3CCCO3)n2)c2c1CCCC2. The summed E-state index contributed by atoms with van der Waals surface area (Å²) in [5, 5.41) is 11.1. The summed E-state index contributed by atoms with van der Waals surface area (Å²) in [7, 11) is 1.90. The maximum absolute atomic E-state index is 12.5. The van der Waals surface area contributed by atoms with Crippen LogP contribution in [-0.4, -0.2) is 32.4 Å². The number of nitrogens with zero attached hydrogens (tertiary/aromatic N) is 4. The van der Waals surface area contributed by atoms with Crippen LogP contribution in [0.25, 0.3) is 0 Å². The fraction of sp³-hybridized carbons (Fsp3) is 0.625. The number of aromatic nitrogens is 4. The standard InChI is InChI=1S/C16H21N5O3/c1-21-11-6-3-2-5-10(11)14(19-21)15(22)17-9-13-18-16(24-20-13)12-7-4-8-23-12/h12H,2-9H2,1H3,(H,17,22)/t12-/m0/s1. The predicted molar refractivity (Wildman–Crippen MR) is 83.2 cm³/mol. The van der Waals surface area contributed by atoms with E-state index < -0.39 is 0 Å². The summed E-state index contributed by atoms with van der Waals surface area (Å²) in [6, 6.07) is 0. The zero-order valence-electron chi connectivity index (χ0n) is 13.7. The average molecular weight is 331 g/mol. The van der Waals surface area contributed by atoms with Gasteiger partial charge < -0.3 is 14.6 Å². The third-order valence-corrected chi connectivity index (χ3v) is 4.68. The van der Waals surface area contributed by atoms with Gasteiger partial charge in [-0.2, -0.15) is 10.1 Å². The molecule has 1 atom stereocenters. The number of aryl methyl sites for hydroxylation is 1. The number of amides is 1. The smallest absolute Gasteiger partial charge is 0.272 e. The van der Waals surface area contributed by atoms with Crippen LogP contribution in [0.3, 0.4) is 0 Å². The van der Waals surface area contributed by atoms with Crippen LogP contribution in [0.4, 0.5) is 0 Å². The molecule has 1 N–H and O–H groups in total. The number of hydrogen-bond donors (Lipinski definition) is 1. The number of rotatable bonds is 4. The molecule has 2 aromatic heterocycles. The Morgan fingerprint density at radius 1 is 1.33 bits per heavy atom. The molecule has 0 bridgehead atoms. The van der Waals surface area contributed by atoms with Gasteiger partial charge in [0.1, 0.15) is 6.10 Å². The van der Waals surface area contributed by atoms with E-state index in [0.717, 1.165) is 50.7 Å². The highest BCUT2D eigenvalue weighted by Gasteiger charge is 2.25. The van der Waals surface area contributed by atoms with Crippen LogP contribution in [0.5, 0.6) is 0 Å². The van der Waals surface area contributed by atoms with Crippen LogP contribution in [0.15, 0.2) is 4.52 Å². The molecule has 8 heteroatoms. The first-order valence-corrected chi connectivity index (χ1v) is 8.49. The minimum absolute atomic E-state index is 0.107. The molecule has 0 unspecified atom stereocenters. The normalized spacial score (nSPS) is 20.1. The molecule has 1 aliphatic carbocycles. The fourth-order valence-corrected chi connectivity index (χ4v) is 3.44. The Kier molecular flexibility index (Phi) is 4.05. The van der Waals surface area contributed by atoms with Gasteiger partial charge in [-0.25, -0.2) is 0 Å². The molecule has 0 spiro atoms. The van der Waals surface area contributed by atoms with Gasteiger partial charge in [0.15, 0.2) is 11.5 Å². The summed E-state index contributed by atoms with van der Waals surface area (Å²) in [6.07, 6.45) is 5.96. The van der Waals surface area contributed by atoms with Crippen molar-refractivity contribution in [1.82, 2.24) is 25.2 Å². The van der Waals surface area contributed by atoms with E-state index in [1.165, 1.54) is 5.69 Å². The molecular weight excluding hydrogens is 310 g/mol. The second-order valence-corrected chi connectivity index (χ2v) is 6.34. The molecule has 0 saturated carbocycles. The summed E-state index contributed by atoms with van der Waals surface area (Å²) < 4.78 is 12.6. The van der Waals surface area contributed by atoms with E-state index >= 15 is 0 Å². The van der Waals surface area contributed by atoms with Crippen LogP contribution in [-0.2, 0) is 31.2 Å². The number of hydrogen-bond acceptors (Lipinski definition) is 6. The summed E-state index contributed by atoms with van der Waals surface area (Å²) >= 11 is 0. The first-order chi connectivity index (χ1) is 11.7. The topological polar surface area (TPSA) is 95.1 Å². The van der Waals surface area contributed by atoms with Crippen molar-refractivity contribution in [2.45, 2.75) is 51.2 Å². The molecule has 8 nitrogen and oxygen atoms in total. The lowest BCUT2D eigenvalue weighted by Gasteiger charge is -2.12. The van der Waals surface area contributed by atoms with Crippen molar-refractivity contribution in [2.75, 3.05) is 6.61 Å². The zero-order chi connectivity index (χ0) is 16.5. The van der Waals surface area contributed by atoms with Gasteiger partial charge in [-0.1, -0.05) is 5.16 Å². The van der Waals surface area contributed by atoms with Gasteiger partial charge in [0.05, 0.1) is 6.54 Å². The molecule has 0 aromatic carbocycles. The Morgan fingerprint density at radius 2 is 2.21 bits per heavy atom. The molecule has 2 aromatic rings. The van der Waals surface area contributed by atoms with Crippen LogP contribution in [0.1, 0.15) is 65.2 Å². The van der Waals surface area contributed by atoms with E-state index in [4.69, 9.17) is 9.26 Å². The van der Waals surface area contributed by atoms with E-state index in [-0.39, 0.29) is 18.6 Å². The fourth-order valence-electron chi connectivity index (χ4n) is 3.44. The van der Waals surface area contributed by atoms with Crippen molar-refractivity contribution in [2.24, 2.45) is 7.05 Å². The van der Waals surface area contributed by atoms with E-state index in [9.17, 15) is 4.79 Å². The van der Waals surface area contributed by atoms with Gasteiger partial charge >= 0.3 is 0 Å². The highest BCUT2D eigenvalue weighted by atomic mass is 16.5. The first-order valence-electron chi connectivity index (χ1n) is 8.49. The third-order valence-electron chi connectivity index (χ3n) is 4.68. The highest BCUT2D eigenvalue weighted by molar-refractivity contribution is 5.94. The van der Waals surface area contributed by atoms with Crippen molar-refractivity contribution in [3.63, 3.8) is 0 Å². The van der Waals surface area contributed by atoms with Crippen molar-refractivity contribution in [1.29, 1.82) is 0 Å². The van der Waals surface area contributed by atoms with Gasteiger partial charge in [0.2, 0.25) is 0 Å². The molecule has 4 rings (SSSR count). The Bertz CT molecular complexity index is 745. The molecule has 128 valence electrons. The maximum Gasteiger partial charge on any atom is 0.272 e. The Labute approximate surface area is 139 Å². The monoisotopic (exact) mass is 331 g/mol. The molecule has 2 aliphatic rings. The summed E-state index contributed by atoms with van der Waals surface area (Å²) in [4.78, 5) is 16.8. The van der Waals surface area contributed by atoms with Gasteiger partial charge in [0, 0.05) is 24.9 Å². The lowest BCUT2D eigenvalue weighted by Crippen LogP contribution is -2.25. The molecule has 24 heavy (non-hydrogen) atoms. The maximum atomic E-state index is 12.5. The van der Waals surface area contributed by atoms with Gasteiger partial charge in [-0.05, 0) is 38.5 Å². The molecule has 1 aliphatic heterocycles. The average Bonchev–Trinajstić information content (AvgIpc) is 3.33. The van der Waals surface area contributed by atoms with E-state index in [0.29, 0.717) is 17.4 Å². The number of carbonyl (C=O) groups is 1. The molecule has 3 heterocycles. The highest BCUT2D eigenvalue weighted by Crippen LogP contribution is 2.27. The van der Waals surface area contributed by atoms with E-state index in [1.54, 1.807) is 0 Å². The van der Waals surface area contributed by atoms with Gasteiger partial charge in [-0.3, -0.25) is 9.48 Å². The van der Waals surface area contributed by atoms with Gasteiger partial charge in [0.25, 0.3) is 11.8 Å². The number of nitrogens with one attached hydrogen (secondary N) is 1. The predicted octanol–water partition coefficient (Wildman–Crippen LogP) is 1.46. The lowest BCUT2D eigenvalue weighted by atomic mass is 9.95. The van der Waals surface area contributed by atoms with Crippen molar-refractivity contribution in [3.05, 3.63) is 28.7 Å². The molecule has 1 saturated heterocycles. The number of ether oxygens (including phenoxy) is 1. The minimum atomic E-state index is -0.183. The van der Waals surface area contributed by atoms with Crippen molar-refractivity contribution >= 4 is 5.91 Å². The minimum Gasteiger partial charge on any atom is -0.368 e. The molecular formula is C16H21N5O3. The Hall–Kier alpha value is -2.22. The number of carbonyl (C=O) groups excluding carboxylic acids is 1. The molecule has 1 amide bonds. The van der Waals surface area contributed by atoms with Crippen LogP contribution in [0, 0.1) is 0 Å². The Balaban J connectivity index is 1.42. The summed E-state index contributed by atoms with van der Waals surface area (Å²) in [6.45, 7) is 0.949. The van der Waals surface area contributed by atoms with Crippen LogP contribution < -0.4 is 5.32 Å². The van der Waals surface area contributed by atoms with Crippen LogP contribution in [0.2, 0.25) is 0 Å².